The van der Waals surface area contributed by atoms with E-state index in [1.54, 1.807) is 30.3 Å². The summed E-state index contributed by atoms with van der Waals surface area (Å²) in [5.74, 6) is -1.79. The van der Waals surface area contributed by atoms with Crippen LogP contribution in [0.5, 0.6) is 5.75 Å². The summed E-state index contributed by atoms with van der Waals surface area (Å²) in [5.41, 5.74) is 16.1. The van der Waals surface area contributed by atoms with E-state index >= 15 is 0 Å². The molecule has 0 aliphatic heterocycles. The van der Waals surface area contributed by atoms with Gasteiger partial charge in [-0.05, 0) is 17.7 Å². The van der Waals surface area contributed by atoms with Gasteiger partial charge >= 0.3 is 6.09 Å². The number of phenolic OH excluding ortho intramolecular Hbond substituents is 1. The predicted octanol–water partition coefficient (Wildman–Crippen LogP) is 2.48. The van der Waals surface area contributed by atoms with Gasteiger partial charge in [-0.15, -0.1) is 0 Å². The molecule has 2 aromatic carbocycles. The highest BCUT2D eigenvalue weighted by atomic mass is 19.1. The van der Waals surface area contributed by atoms with Crippen molar-refractivity contribution in [3.63, 3.8) is 0 Å². The molecule has 42 heavy (non-hydrogen) atoms. The van der Waals surface area contributed by atoms with Crippen LogP contribution in [0.4, 0.5) is 36.6 Å². The molecular formula is C27H26F2N9O4+. The number of halogens is 2. The summed E-state index contributed by atoms with van der Waals surface area (Å²) in [7, 11) is 2.64. The molecule has 0 aliphatic carbocycles. The van der Waals surface area contributed by atoms with Crippen molar-refractivity contribution in [2.24, 2.45) is 0 Å². The van der Waals surface area contributed by atoms with E-state index in [0.717, 1.165) is 11.1 Å². The fourth-order valence-electron chi connectivity index (χ4n) is 4.43. The SMILES string of the molecule is CO[NH2+]c1ccc(O)c(CN(C(=O)OC)c2c(N)nc(-n3nc(Cc4ccccc4F)c4ncc(F)cc43)nc2N)c1. The van der Waals surface area contributed by atoms with E-state index in [1.165, 1.54) is 42.6 Å². The van der Waals surface area contributed by atoms with Crippen molar-refractivity contribution in [2.75, 3.05) is 30.6 Å². The molecule has 0 radical (unpaired) electrons. The van der Waals surface area contributed by atoms with Gasteiger partial charge in [-0.1, -0.05) is 18.2 Å². The van der Waals surface area contributed by atoms with Crippen molar-refractivity contribution >= 4 is 40.1 Å². The second-order valence-corrected chi connectivity index (χ2v) is 9.09. The lowest BCUT2D eigenvalue weighted by Crippen LogP contribution is -2.75. The first-order valence-electron chi connectivity index (χ1n) is 12.4. The van der Waals surface area contributed by atoms with E-state index in [4.69, 9.17) is 21.0 Å². The van der Waals surface area contributed by atoms with Crippen LogP contribution in [0.2, 0.25) is 0 Å². The predicted molar refractivity (Wildman–Crippen MR) is 148 cm³/mol. The summed E-state index contributed by atoms with van der Waals surface area (Å²) in [5, 5.41) is 14.9. The number of carbonyl (C=O) groups excluding carboxylic acids is 1. The number of aromatic hydroxyl groups is 1. The Morgan fingerprint density at radius 3 is 2.50 bits per heavy atom. The van der Waals surface area contributed by atoms with Crippen molar-refractivity contribution in [1.82, 2.24) is 24.7 Å². The zero-order chi connectivity index (χ0) is 30.0. The van der Waals surface area contributed by atoms with Crippen LogP contribution in [-0.4, -0.2) is 50.2 Å². The maximum Gasteiger partial charge on any atom is 0.414 e. The Morgan fingerprint density at radius 1 is 1.07 bits per heavy atom. The van der Waals surface area contributed by atoms with Crippen LogP contribution < -0.4 is 21.8 Å². The molecule has 0 spiro atoms. The lowest BCUT2D eigenvalue weighted by atomic mass is 10.1. The number of methoxy groups -OCH3 is 1. The minimum Gasteiger partial charge on any atom is -0.508 e. The summed E-state index contributed by atoms with van der Waals surface area (Å²) in [6.07, 6.45) is 0.222. The summed E-state index contributed by atoms with van der Waals surface area (Å²) in [4.78, 5) is 31.7. The van der Waals surface area contributed by atoms with E-state index in [-0.39, 0.29) is 47.5 Å². The van der Waals surface area contributed by atoms with Crippen molar-refractivity contribution in [3.8, 4) is 11.7 Å². The van der Waals surface area contributed by atoms with Crippen LogP contribution in [-0.2, 0) is 22.5 Å². The molecule has 0 aliphatic rings. The van der Waals surface area contributed by atoms with Gasteiger partial charge in [0.05, 0.1) is 38.2 Å². The molecule has 1 amide bonds. The number of pyridine rings is 1. The summed E-state index contributed by atoms with van der Waals surface area (Å²) < 4.78 is 34.8. The second kappa shape index (κ2) is 11.6. The number of aromatic nitrogens is 5. The van der Waals surface area contributed by atoms with Gasteiger partial charge in [-0.3, -0.25) is 4.90 Å². The van der Waals surface area contributed by atoms with Gasteiger partial charge < -0.3 is 21.3 Å². The van der Waals surface area contributed by atoms with Gasteiger partial charge in [-0.2, -0.15) is 25.2 Å². The number of rotatable bonds is 8. The molecule has 0 saturated carbocycles. The van der Waals surface area contributed by atoms with Gasteiger partial charge in [0.1, 0.15) is 28.6 Å². The highest BCUT2D eigenvalue weighted by Crippen LogP contribution is 2.33. The Morgan fingerprint density at radius 2 is 1.81 bits per heavy atom. The van der Waals surface area contributed by atoms with E-state index in [9.17, 15) is 18.7 Å². The third-order valence-corrected chi connectivity index (χ3v) is 6.34. The normalized spacial score (nSPS) is 11.1. The van der Waals surface area contributed by atoms with E-state index in [0.29, 0.717) is 28.0 Å². The zero-order valence-corrected chi connectivity index (χ0v) is 22.5. The monoisotopic (exact) mass is 578 g/mol. The van der Waals surface area contributed by atoms with E-state index < -0.39 is 17.7 Å². The van der Waals surface area contributed by atoms with Crippen molar-refractivity contribution in [1.29, 1.82) is 0 Å². The molecule has 7 N–H and O–H groups in total. The molecule has 0 unspecified atom stereocenters. The van der Waals surface area contributed by atoms with E-state index in [2.05, 4.69) is 20.1 Å². The average Bonchev–Trinajstić information content (AvgIpc) is 3.31. The smallest absolute Gasteiger partial charge is 0.414 e. The fourth-order valence-corrected chi connectivity index (χ4v) is 4.43. The first-order chi connectivity index (χ1) is 20.2. The van der Waals surface area contributed by atoms with Crippen LogP contribution >= 0.6 is 0 Å². The molecule has 5 aromatic rings. The maximum absolute atomic E-state index is 14.4. The molecule has 3 aromatic heterocycles. The second-order valence-electron chi connectivity index (χ2n) is 9.09. The summed E-state index contributed by atoms with van der Waals surface area (Å²) in [6, 6.07) is 12.0. The lowest BCUT2D eigenvalue weighted by molar-refractivity contribution is -0.830. The minimum absolute atomic E-state index is 0.0526. The van der Waals surface area contributed by atoms with Crippen LogP contribution in [0.25, 0.3) is 17.0 Å². The van der Waals surface area contributed by atoms with Crippen molar-refractivity contribution < 1.29 is 33.7 Å². The van der Waals surface area contributed by atoms with Gasteiger partial charge in [-0.25, -0.2) is 23.4 Å². The molecule has 13 nitrogen and oxygen atoms in total. The van der Waals surface area contributed by atoms with E-state index in [1.807, 2.05) is 0 Å². The molecule has 15 heteroatoms. The Labute approximate surface area is 237 Å². The molecule has 5 rings (SSSR count). The molecule has 0 bridgehead atoms. The number of anilines is 3. The van der Waals surface area contributed by atoms with Crippen LogP contribution in [0.3, 0.4) is 0 Å². The number of nitrogens with two attached hydrogens (primary N) is 3. The van der Waals surface area contributed by atoms with Gasteiger partial charge in [0.2, 0.25) is 0 Å². The lowest BCUT2D eigenvalue weighted by Gasteiger charge is -2.24. The number of benzene rings is 2. The topological polar surface area (TPSA) is 184 Å². The number of nitrogen functional groups attached to an aromatic ring is 2. The Bertz CT molecular complexity index is 1770. The van der Waals surface area contributed by atoms with Crippen LogP contribution in [0.15, 0.2) is 54.7 Å². The summed E-state index contributed by atoms with van der Waals surface area (Å²) >= 11 is 0. The Kier molecular flexibility index (Phi) is 7.77. The Hall–Kier alpha value is -5.41. The third-order valence-electron chi connectivity index (χ3n) is 6.34. The quantitative estimate of drug-likeness (QED) is 0.121. The standard InChI is InChI=1S/C27H25F2N9O4/c1-41-27(40)37(13-15-9-17(36-42-2)7-8-21(15)39)23-24(30)33-26(34-25(23)31)38-20-11-16(28)12-32-22(20)19(35-38)10-14-5-3-4-6-18(14)29/h3-9,11-12,36,39H,10,13H2,1-2H3,(H4,30,31,33,34)/p+1. The van der Waals surface area contributed by atoms with Crippen molar-refractivity contribution in [2.45, 2.75) is 13.0 Å². The number of phenols is 1. The number of quaternary nitrogens is 1. The molecule has 0 fully saturated rings. The number of amides is 1. The fraction of sp³-hybridized carbons (Fsp3) is 0.148. The first-order valence-corrected chi connectivity index (χ1v) is 12.4. The molecule has 3 heterocycles. The molecule has 0 saturated heterocycles. The van der Waals surface area contributed by atoms with Gasteiger partial charge in [0, 0.05) is 30.2 Å². The van der Waals surface area contributed by atoms with Crippen LogP contribution in [0.1, 0.15) is 16.8 Å². The minimum atomic E-state index is -0.853. The highest BCUT2D eigenvalue weighted by Gasteiger charge is 2.27. The number of fused-ring (bicyclic) bond motifs is 1. The molecular weight excluding hydrogens is 552 g/mol. The zero-order valence-electron chi connectivity index (χ0n) is 22.5. The van der Waals surface area contributed by atoms with Crippen molar-refractivity contribution in [3.05, 3.63) is 83.2 Å². The Balaban J connectivity index is 1.58. The first kappa shape index (κ1) is 28.1. The summed E-state index contributed by atoms with van der Waals surface area (Å²) in [6.45, 7) is -0.215. The largest absolute Gasteiger partial charge is 0.508 e. The average molecular weight is 579 g/mol. The van der Waals surface area contributed by atoms with Gasteiger partial charge in [0.15, 0.2) is 17.3 Å². The number of nitrogens with zero attached hydrogens (tertiary/aromatic N) is 6. The molecule has 216 valence electrons. The number of ether oxygens (including phenoxy) is 1. The highest BCUT2D eigenvalue weighted by molar-refractivity contribution is 5.95. The molecule has 0 atom stereocenters. The van der Waals surface area contributed by atoms with Crippen LogP contribution in [0, 0.1) is 11.6 Å². The maximum atomic E-state index is 14.4. The third kappa shape index (κ3) is 5.45. The van der Waals surface area contributed by atoms with Gasteiger partial charge in [0.25, 0.3) is 5.95 Å². The number of carbonyl (C=O) groups is 1. The number of hydrogen-bond acceptors (Lipinski definition) is 10. The number of hydrogen-bond donors (Lipinski definition) is 4.